The van der Waals surface area contributed by atoms with E-state index in [1.807, 2.05) is 0 Å². The second-order valence-corrected chi connectivity index (χ2v) is 5.60. The highest BCUT2D eigenvalue weighted by Crippen LogP contribution is 2.32. The summed E-state index contributed by atoms with van der Waals surface area (Å²) in [6, 6.07) is 2.26. The molecule has 1 aliphatic heterocycles. The van der Waals surface area contributed by atoms with Crippen LogP contribution in [0.4, 0.5) is 17.6 Å². The number of carbonyl (C=O) groups excluding carboxylic acids is 1. The average Bonchev–Trinajstić information content (AvgIpc) is 2.84. The number of rotatable bonds is 3. The van der Waals surface area contributed by atoms with E-state index in [0.717, 1.165) is 10.7 Å². The summed E-state index contributed by atoms with van der Waals surface area (Å²) in [6.07, 6.45) is -2.52. The molecule has 3 rings (SSSR count). The molecule has 1 aromatic carbocycles. The molecule has 24 heavy (non-hydrogen) atoms. The molecule has 1 aliphatic rings. The first kappa shape index (κ1) is 16.4. The lowest BCUT2D eigenvalue weighted by Crippen LogP contribution is -2.31. The Bertz CT molecular complexity index is 838. The van der Waals surface area contributed by atoms with Crippen LogP contribution in [-0.2, 0) is 23.9 Å². The van der Waals surface area contributed by atoms with E-state index in [1.54, 1.807) is 0 Å². The van der Waals surface area contributed by atoms with Crippen molar-refractivity contribution in [3.8, 4) is 0 Å². The van der Waals surface area contributed by atoms with E-state index in [0.29, 0.717) is 37.4 Å². The average molecular weight is 343 g/mol. The fourth-order valence-corrected chi connectivity index (χ4v) is 2.88. The maximum absolute atomic E-state index is 14.1. The van der Waals surface area contributed by atoms with Crippen molar-refractivity contribution < 1.29 is 22.4 Å². The molecule has 2 heterocycles. The van der Waals surface area contributed by atoms with Gasteiger partial charge in [0.15, 0.2) is 0 Å². The number of fused-ring (bicyclic) bond motifs is 1. The van der Waals surface area contributed by atoms with Gasteiger partial charge in [0.1, 0.15) is 17.9 Å². The van der Waals surface area contributed by atoms with Gasteiger partial charge in [0, 0.05) is 12.0 Å². The Morgan fingerprint density at radius 3 is 2.75 bits per heavy atom. The van der Waals surface area contributed by atoms with Crippen molar-refractivity contribution in [2.75, 3.05) is 0 Å². The van der Waals surface area contributed by atoms with Crippen molar-refractivity contribution in [2.24, 2.45) is 0 Å². The summed E-state index contributed by atoms with van der Waals surface area (Å²) in [5.74, 6) is -1.04. The van der Waals surface area contributed by atoms with Crippen LogP contribution >= 0.6 is 0 Å². The van der Waals surface area contributed by atoms with Gasteiger partial charge in [0.05, 0.1) is 18.2 Å². The molecule has 0 saturated heterocycles. The van der Waals surface area contributed by atoms with Crippen molar-refractivity contribution >= 4 is 6.29 Å². The molecule has 1 aromatic heterocycles. The SMILES string of the molecule is O=CC1CCCc2nn(Cc3cccc(C(F)(F)F)c3F)c(=O)n21. The molecule has 1 atom stereocenters. The van der Waals surface area contributed by atoms with Gasteiger partial charge in [0.25, 0.3) is 0 Å². The summed E-state index contributed by atoms with van der Waals surface area (Å²) in [6.45, 7) is -0.430. The van der Waals surface area contributed by atoms with E-state index in [4.69, 9.17) is 0 Å². The van der Waals surface area contributed by atoms with Gasteiger partial charge < -0.3 is 4.79 Å². The Morgan fingerprint density at radius 2 is 2.08 bits per heavy atom. The van der Waals surface area contributed by atoms with Gasteiger partial charge in [-0.05, 0) is 18.9 Å². The van der Waals surface area contributed by atoms with Crippen LogP contribution in [0.2, 0.25) is 0 Å². The maximum Gasteiger partial charge on any atom is 0.419 e. The molecule has 0 fully saturated rings. The molecular weight excluding hydrogens is 330 g/mol. The Kier molecular flexibility index (Phi) is 4.02. The Hall–Kier alpha value is -2.45. The second kappa shape index (κ2) is 5.88. The first-order valence-electron chi connectivity index (χ1n) is 7.31. The van der Waals surface area contributed by atoms with E-state index < -0.39 is 35.8 Å². The number of aldehydes is 1. The van der Waals surface area contributed by atoms with Crippen LogP contribution in [0.3, 0.4) is 0 Å². The summed E-state index contributed by atoms with van der Waals surface area (Å²) >= 11 is 0. The highest BCUT2D eigenvalue weighted by Gasteiger charge is 2.35. The third kappa shape index (κ3) is 2.74. The summed E-state index contributed by atoms with van der Waals surface area (Å²) in [5, 5.41) is 4.04. The predicted molar refractivity (Wildman–Crippen MR) is 75.0 cm³/mol. The van der Waals surface area contributed by atoms with E-state index in [-0.39, 0.29) is 5.56 Å². The van der Waals surface area contributed by atoms with Crippen molar-refractivity contribution in [2.45, 2.75) is 38.0 Å². The first-order valence-corrected chi connectivity index (χ1v) is 7.31. The largest absolute Gasteiger partial charge is 0.419 e. The van der Waals surface area contributed by atoms with Gasteiger partial charge >= 0.3 is 11.9 Å². The number of halogens is 4. The van der Waals surface area contributed by atoms with Gasteiger partial charge in [-0.15, -0.1) is 0 Å². The van der Waals surface area contributed by atoms with E-state index >= 15 is 0 Å². The maximum atomic E-state index is 14.1. The van der Waals surface area contributed by atoms with Gasteiger partial charge in [-0.3, -0.25) is 4.57 Å². The van der Waals surface area contributed by atoms with Crippen molar-refractivity contribution in [1.82, 2.24) is 14.3 Å². The zero-order valence-electron chi connectivity index (χ0n) is 12.4. The molecule has 0 saturated carbocycles. The van der Waals surface area contributed by atoms with Gasteiger partial charge in [-0.2, -0.15) is 18.3 Å². The third-order valence-electron chi connectivity index (χ3n) is 4.03. The minimum Gasteiger partial charge on any atom is -0.301 e. The van der Waals surface area contributed by atoms with Crippen LogP contribution in [0.5, 0.6) is 0 Å². The van der Waals surface area contributed by atoms with Crippen molar-refractivity contribution in [3.63, 3.8) is 0 Å². The zero-order chi connectivity index (χ0) is 17.5. The predicted octanol–water partition coefficient (Wildman–Crippen LogP) is 2.33. The second-order valence-electron chi connectivity index (χ2n) is 5.60. The number of carbonyl (C=O) groups is 1. The molecule has 9 heteroatoms. The molecule has 0 bridgehead atoms. The lowest BCUT2D eigenvalue weighted by Gasteiger charge is -2.17. The number of benzene rings is 1. The molecule has 128 valence electrons. The molecular formula is C15H13F4N3O2. The quantitative estimate of drug-likeness (QED) is 0.635. The molecule has 2 aromatic rings. The molecule has 0 aliphatic carbocycles. The number of nitrogens with zero attached hydrogens (tertiary/aromatic N) is 3. The van der Waals surface area contributed by atoms with Gasteiger partial charge in [-0.25, -0.2) is 13.9 Å². The highest BCUT2D eigenvalue weighted by atomic mass is 19.4. The smallest absolute Gasteiger partial charge is 0.301 e. The van der Waals surface area contributed by atoms with Crippen LogP contribution in [0, 0.1) is 5.82 Å². The van der Waals surface area contributed by atoms with Crippen LogP contribution in [0.15, 0.2) is 23.0 Å². The lowest BCUT2D eigenvalue weighted by atomic mass is 10.1. The molecule has 5 nitrogen and oxygen atoms in total. The summed E-state index contributed by atoms with van der Waals surface area (Å²) in [7, 11) is 0. The summed E-state index contributed by atoms with van der Waals surface area (Å²) < 4.78 is 54.5. The van der Waals surface area contributed by atoms with Crippen molar-refractivity contribution in [3.05, 3.63) is 51.5 Å². The number of aromatic nitrogens is 3. The number of hydrogen-bond acceptors (Lipinski definition) is 3. The van der Waals surface area contributed by atoms with Gasteiger partial charge in [0.2, 0.25) is 0 Å². The first-order chi connectivity index (χ1) is 11.3. The van der Waals surface area contributed by atoms with Crippen LogP contribution in [-0.4, -0.2) is 20.6 Å². The van der Waals surface area contributed by atoms with E-state index in [9.17, 15) is 27.2 Å². The van der Waals surface area contributed by atoms with E-state index in [2.05, 4.69) is 5.10 Å². The monoisotopic (exact) mass is 343 g/mol. The zero-order valence-corrected chi connectivity index (χ0v) is 12.4. The van der Waals surface area contributed by atoms with Crippen LogP contribution in [0.1, 0.15) is 35.8 Å². The minimum absolute atomic E-state index is 0.287. The summed E-state index contributed by atoms with van der Waals surface area (Å²) in [4.78, 5) is 23.4. The fourth-order valence-electron chi connectivity index (χ4n) is 2.88. The molecule has 0 amide bonds. The normalized spacial score (nSPS) is 17.6. The highest BCUT2D eigenvalue weighted by molar-refractivity contribution is 5.56. The number of hydrogen-bond donors (Lipinski definition) is 0. The standard InChI is InChI=1S/C15H13F4N3O2/c16-13-9(3-1-5-11(13)15(17,18)19)7-21-14(24)22-10(8-23)4-2-6-12(22)20-21/h1,3,5,8,10H,2,4,6-7H2. The van der Waals surface area contributed by atoms with Gasteiger partial charge in [-0.1, -0.05) is 12.1 Å². The lowest BCUT2D eigenvalue weighted by molar-refractivity contribution is -0.140. The summed E-state index contributed by atoms with van der Waals surface area (Å²) in [5.41, 5.74) is -2.30. The Labute approximate surface area is 133 Å². The number of aryl methyl sites for hydroxylation is 1. The molecule has 0 N–H and O–H groups in total. The molecule has 0 radical (unpaired) electrons. The molecule has 0 spiro atoms. The minimum atomic E-state index is -4.82. The Morgan fingerprint density at radius 1 is 1.33 bits per heavy atom. The Balaban J connectivity index is 2.01. The fraction of sp³-hybridized carbons (Fsp3) is 0.400. The van der Waals surface area contributed by atoms with Crippen LogP contribution < -0.4 is 5.69 Å². The topological polar surface area (TPSA) is 56.9 Å². The third-order valence-corrected chi connectivity index (χ3v) is 4.03. The van der Waals surface area contributed by atoms with Crippen molar-refractivity contribution in [1.29, 1.82) is 0 Å². The number of alkyl halides is 3. The molecule has 1 unspecified atom stereocenters. The van der Waals surface area contributed by atoms with Crippen LogP contribution in [0.25, 0.3) is 0 Å². The van der Waals surface area contributed by atoms with E-state index in [1.165, 1.54) is 10.6 Å².